The molecule has 1 fully saturated rings. The standard InChI is InChI=1S/C18H19N3O2/c22-17(19-13-6-1-2-7-13)12-21-15-9-4-3-8-14(15)20-11-5-10-16(20)18(21)23/h3-5,8-11,13H,1-2,6-7,12H2,(H,19,22). The molecule has 3 aromatic rings. The lowest BCUT2D eigenvalue weighted by atomic mass is 10.2. The highest BCUT2D eigenvalue weighted by atomic mass is 16.2. The minimum absolute atomic E-state index is 0.0670. The molecule has 0 saturated heterocycles. The fourth-order valence-electron chi connectivity index (χ4n) is 3.55. The summed E-state index contributed by atoms with van der Waals surface area (Å²) in [7, 11) is 0. The van der Waals surface area contributed by atoms with Gasteiger partial charge in [-0.15, -0.1) is 0 Å². The van der Waals surface area contributed by atoms with Gasteiger partial charge in [0.25, 0.3) is 5.56 Å². The molecule has 0 aliphatic heterocycles. The Kier molecular flexibility index (Phi) is 3.41. The fourth-order valence-corrected chi connectivity index (χ4v) is 3.55. The maximum absolute atomic E-state index is 12.7. The number of hydrogen-bond acceptors (Lipinski definition) is 2. The molecule has 5 heteroatoms. The molecule has 0 bridgehead atoms. The van der Waals surface area contributed by atoms with Gasteiger partial charge in [0.2, 0.25) is 5.91 Å². The molecule has 5 nitrogen and oxygen atoms in total. The molecule has 1 amide bonds. The van der Waals surface area contributed by atoms with E-state index in [1.165, 1.54) is 12.8 Å². The van der Waals surface area contributed by atoms with Gasteiger partial charge in [-0.25, -0.2) is 0 Å². The monoisotopic (exact) mass is 309 g/mol. The molecule has 2 aromatic heterocycles. The molecule has 1 saturated carbocycles. The number of fused-ring (bicyclic) bond motifs is 3. The first-order valence-corrected chi connectivity index (χ1v) is 8.12. The molecule has 0 spiro atoms. The molecule has 1 aliphatic carbocycles. The first-order valence-electron chi connectivity index (χ1n) is 8.12. The number of rotatable bonds is 3. The summed E-state index contributed by atoms with van der Waals surface area (Å²) in [6.45, 7) is 0.0670. The van der Waals surface area contributed by atoms with Crippen LogP contribution in [-0.4, -0.2) is 20.9 Å². The maximum Gasteiger partial charge on any atom is 0.275 e. The highest BCUT2D eigenvalue weighted by molar-refractivity contribution is 5.82. The van der Waals surface area contributed by atoms with Gasteiger partial charge in [-0.3, -0.25) is 14.2 Å². The Morgan fingerprint density at radius 1 is 1.04 bits per heavy atom. The Bertz CT molecular complexity index is 932. The zero-order valence-corrected chi connectivity index (χ0v) is 12.9. The number of carbonyl (C=O) groups excluding carboxylic acids is 1. The van der Waals surface area contributed by atoms with Crippen molar-refractivity contribution in [2.24, 2.45) is 0 Å². The highest BCUT2D eigenvalue weighted by Crippen LogP contribution is 2.18. The fraction of sp³-hybridized carbons (Fsp3) is 0.333. The summed E-state index contributed by atoms with van der Waals surface area (Å²) >= 11 is 0. The molecule has 2 heterocycles. The third-order valence-corrected chi connectivity index (χ3v) is 4.67. The Balaban J connectivity index is 1.76. The second-order valence-electron chi connectivity index (χ2n) is 6.19. The van der Waals surface area contributed by atoms with Crippen molar-refractivity contribution in [3.63, 3.8) is 0 Å². The van der Waals surface area contributed by atoms with Gasteiger partial charge in [0.05, 0.1) is 11.0 Å². The molecule has 0 radical (unpaired) electrons. The Morgan fingerprint density at radius 2 is 1.74 bits per heavy atom. The lowest BCUT2D eigenvalue weighted by Gasteiger charge is -2.15. The van der Waals surface area contributed by atoms with Crippen molar-refractivity contribution in [1.29, 1.82) is 0 Å². The minimum Gasteiger partial charge on any atom is -0.352 e. The normalized spacial score (nSPS) is 15.5. The number of benzene rings is 1. The topological polar surface area (TPSA) is 55.5 Å². The van der Waals surface area contributed by atoms with E-state index in [0.717, 1.165) is 23.9 Å². The molecule has 23 heavy (non-hydrogen) atoms. The van der Waals surface area contributed by atoms with E-state index in [1.54, 1.807) is 10.6 Å². The van der Waals surface area contributed by atoms with Crippen LogP contribution in [0.4, 0.5) is 0 Å². The largest absolute Gasteiger partial charge is 0.352 e. The van der Waals surface area contributed by atoms with Gasteiger partial charge in [0, 0.05) is 12.2 Å². The zero-order valence-electron chi connectivity index (χ0n) is 12.9. The van der Waals surface area contributed by atoms with E-state index in [2.05, 4.69) is 5.32 Å². The Labute approximate surface area is 133 Å². The molecule has 1 aromatic carbocycles. The second-order valence-corrected chi connectivity index (χ2v) is 6.19. The van der Waals surface area contributed by atoms with E-state index >= 15 is 0 Å². The van der Waals surface area contributed by atoms with Crippen LogP contribution in [0, 0.1) is 0 Å². The van der Waals surface area contributed by atoms with Gasteiger partial charge < -0.3 is 9.72 Å². The van der Waals surface area contributed by atoms with E-state index in [4.69, 9.17) is 0 Å². The first kappa shape index (κ1) is 14.1. The Morgan fingerprint density at radius 3 is 2.52 bits per heavy atom. The van der Waals surface area contributed by atoms with E-state index in [-0.39, 0.29) is 24.1 Å². The van der Waals surface area contributed by atoms with Gasteiger partial charge in [-0.05, 0) is 37.1 Å². The van der Waals surface area contributed by atoms with Crippen LogP contribution >= 0.6 is 0 Å². The number of hydrogen-bond donors (Lipinski definition) is 1. The second kappa shape index (κ2) is 5.57. The van der Waals surface area contributed by atoms with Crippen molar-refractivity contribution in [3.8, 4) is 0 Å². The van der Waals surface area contributed by atoms with Crippen LogP contribution in [0.2, 0.25) is 0 Å². The van der Waals surface area contributed by atoms with Crippen molar-refractivity contribution < 1.29 is 4.79 Å². The lowest BCUT2D eigenvalue weighted by molar-refractivity contribution is -0.122. The summed E-state index contributed by atoms with van der Waals surface area (Å²) in [4.78, 5) is 25.1. The molecule has 0 atom stereocenters. The molecule has 1 aliphatic rings. The maximum atomic E-state index is 12.7. The van der Waals surface area contributed by atoms with E-state index < -0.39 is 0 Å². The summed E-state index contributed by atoms with van der Waals surface area (Å²) in [5, 5.41) is 3.06. The average molecular weight is 309 g/mol. The number of nitrogens with one attached hydrogen (secondary N) is 1. The number of nitrogens with zero attached hydrogens (tertiary/aromatic N) is 2. The van der Waals surface area contributed by atoms with Crippen molar-refractivity contribution >= 4 is 22.5 Å². The number of carbonyl (C=O) groups is 1. The number of amides is 1. The van der Waals surface area contributed by atoms with Gasteiger partial charge >= 0.3 is 0 Å². The number of aromatic nitrogens is 2. The summed E-state index contributed by atoms with van der Waals surface area (Å²) in [5.41, 5.74) is 2.18. The van der Waals surface area contributed by atoms with Crippen LogP contribution in [-0.2, 0) is 11.3 Å². The highest BCUT2D eigenvalue weighted by Gasteiger charge is 2.18. The smallest absolute Gasteiger partial charge is 0.275 e. The summed E-state index contributed by atoms with van der Waals surface area (Å²) in [5.74, 6) is -0.0833. The van der Waals surface area contributed by atoms with Crippen molar-refractivity contribution in [2.45, 2.75) is 38.3 Å². The summed E-state index contributed by atoms with van der Waals surface area (Å²) in [6, 6.07) is 11.6. The molecule has 0 unspecified atom stereocenters. The third kappa shape index (κ3) is 2.42. The van der Waals surface area contributed by atoms with Gasteiger partial charge in [0.15, 0.2) is 0 Å². The van der Waals surface area contributed by atoms with Crippen LogP contribution in [0.3, 0.4) is 0 Å². The average Bonchev–Trinajstić information content (AvgIpc) is 3.23. The predicted molar refractivity (Wildman–Crippen MR) is 89.6 cm³/mol. The van der Waals surface area contributed by atoms with Crippen molar-refractivity contribution in [3.05, 3.63) is 52.9 Å². The molecular weight excluding hydrogens is 290 g/mol. The molecule has 1 N–H and O–H groups in total. The minimum atomic E-state index is -0.129. The van der Waals surface area contributed by atoms with Crippen LogP contribution in [0.1, 0.15) is 25.7 Å². The van der Waals surface area contributed by atoms with E-state index in [9.17, 15) is 9.59 Å². The van der Waals surface area contributed by atoms with Crippen molar-refractivity contribution in [2.75, 3.05) is 0 Å². The third-order valence-electron chi connectivity index (χ3n) is 4.67. The van der Waals surface area contributed by atoms with Crippen LogP contribution in [0.25, 0.3) is 16.6 Å². The Hall–Kier alpha value is -2.56. The van der Waals surface area contributed by atoms with Gasteiger partial charge in [-0.1, -0.05) is 25.0 Å². The van der Waals surface area contributed by atoms with Gasteiger partial charge in [-0.2, -0.15) is 0 Å². The predicted octanol–water partition coefficient (Wildman–Crippen LogP) is 2.31. The zero-order chi connectivity index (χ0) is 15.8. The number of para-hydroxylation sites is 2. The summed E-state index contributed by atoms with van der Waals surface area (Å²) in [6.07, 6.45) is 6.30. The molecule has 118 valence electrons. The molecular formula is C18H19N3O2. The quantitative estimate of drug-likeness (QED) is 0.807. The first-order chi connectivity index (χ1) is 11.2. The molecule has 4 rings (SSSR count). The van der Waals surface area contributed by atoms with Crippen molar-refractivity contribution in [1.82, 2.24) is 14.3 Å². The van der Waals surface area contributed by atoms with Crippen LogP contribution < -0.4 is 10.9 Å². The van der Waals surface area contributed by atoms with E-state index in [1.807, 2.05) is 40.9 Å². The van der Waals surface area contributed by atoms with Crippen LogP contribution in [0.15, 0.2) is 47.4 Å². The summed E-state index contributed by atoms with van der Waals surface area (Å²) < 4.78 is 3.46. The SMILES string of the molecule is O=C(Cn1c(=O)c2cccn2c2ccccc21)NC1CCCC1. The van der Waals surface area contributed by atoms with Gasteiger partial charge in [0.1, 0.15) is 12.1 Å². The lowest BCUT2D eigenvalue weighted by Crippen LogP contribution is -2.37. The van der Waals surface area contributed by atoms with Crippen LogP contribution in [0.5, 0.6) is 0 Å². The van der Waals surface area contributed by atoms with E-state index in [0.29, 0.717) is 5.52 Å².